The third kappa shape index (κ3) is 1.83. The van der Waals surface area contributed by atoms with Gasteiger partial charge in [0.25, 0.3) is 0 Å². The Labute approximate surface area is 94.0 Å². The van der Waals surface area contributed by atoms with E-state index in [0.29, 0.717) is 0 Å². The zero-order valence-electron chi connectivity index (χ0n) is 8.59. The maximum atomic E-state index is 10.3. The average Bonchev–Trinajstić information content (AvgIpc) is 2.99. The largest absolute Gasteiger partial charge is 0.235 e. The molecule has 0 spiro atoms. The van der Waals surface area contributed by atoms with Crippen LogP contribution in [0.1, 0.15) is 30.9 Å². The first kappa shape index (κ1) is 10.4. The molecule has 15 heavy (non-hydrogen) atoms. The van der Waals surface area contributed by atoms with Crippen molar-refractivity contribution in [2.24, 2.45) is 4.99 Å². The van der Waals surface area contributed by atoms with Gasteiger partial charge in [-0.1, -0.05) is 30.7 Å². The molecule has 1 aliphatic carbocycles. The number of isocyanates is 1. The molecular weight excluding hydrogens is 210 g/mol. The number of aliphatic imine (C=N–C) groups is 1. The highest BCUT2D eigenvalue weighted by Gasteiger charge is 2.44. The Hall–Kier alpha value is -1.11. The molecule has 1 aliphatic rings. The van der Waals surface area contributed by atoms with Crippen LogP contribution < -0.4 is 0 Å². The van der Waals surface area contributed by atoms with E-state index >= 15 is 0 Å². The molecule has 0 heterocycles. The molecule has 1 aromatic rings. The number of hydrogen-bond acceptors (Lipinski definition) is 2. The van der Waals surface area contributed by atoms with Crippen LogP contribution in [-0.4, -0.2) is 6.08 Å². The fourth-order valence-electron chi connectivity index (χ4n) is 1.79. The molecule has 1 fully saturated rings. The van der Waals surface area contributed by atoms with Crippen LogP contribution in [0.4, 0.5) is 0 Å². The number of aryl methyl sites for hydroxylation is 1. The van der Waals surface area contributed by atoms with Crippen molar-refractivity contribution in [2.45, 2.75) is 31.7 Å². The molecule has 3 heteroatoms. The average molecular weight is 222 g/mol. The van der Waals surface area contributed by atoms with Gasteiger partial charge < -0.3 is 0 Å². The minimum absolute atomic E-state index is 0.308. The highest BCUT2D eigenvalue weighted by atomic mass is 35.5. The first-order chi connectivity index (χ1) is 7.22. The van der Waals surface area contributed by atoms with Crippen LogP contribution in [0.15, 0.2) is 23.2 Å². The van der Waals surface area contributed by atoms with Gasteiger partial charge in [-0.2, -0.15) is 4.99 Å². The van der Waals surface area contributed by atoms with Crippen molar-refractivity contribution >= 4 is 17.7 Å². The van der Waals surface area contributed by atoms with E-state index in [9.17, 15) is 4.79 Å². The van der Waals surface area contributed by atoms with E-state index in [1.165, 1.54) is 0 Å². The van der Waals surface area contributed by atoms with Crippen molar-refractivity contribution in [3.05, 3.63) is 34.3 Å². The number of carbonyl (C=O) groups excluding carboxylic acids is 1. The van der Waals surface area contributed by atoms with Gasteiger partial charge in [-0.15, -0.1) is 0 Å². The molecule has 2 rings (SSSR count). The summed E-state index contributed by atoms with van der Waals surface area (Å²) in [6.45, 7) is 2.07. The molecule has 0 radical (unpaired) electrons. The van der Waals surface area contributed by atoms with Gasteiger partial charge in [0.2, 0.25) is 6.08 Å². The fraction of sp³-hybridized carbons (Fsp3) is 0.417. The van der Waals surface area contributed by atoms with Crippen molar-refractivity contribution in [2.75, 3.05) is 0 Å². The molecule has 0 atom stereocenters. The first-order valence-electron chi connectivity index (χ1n) is 5.10. The van der Waals surface area contributed by atoms with Crippen molar-refractivity contribution in [1.29, 1.82) is 0 Å². The lowest BCUT2D eigenvalue weighted by atomic mass is 10.0. The van der Waals surface area contributed by atoms with Gasteiger partial charge in [0.05, 0.1) is 5.54 Å². The smallest absolute Gasteiger partial charge is 0.211 e. The summed E-state index contributed by atoms with van der Waals surface area (Å²) in [7, 11) is 0. The van der Waals surface area contributed by atoms with Crippen LogP contribution in [0.3, 0.4) is 0 Å². The van der Waals surface area contributed by atoms with Crippen LogP contribution >= 0.6 is 11.6 Å². The molecule has 1 saturated carbocycles. The second kappa shape index (κ2) is 3.80. The van der Waals surface area contributed by atoms with Gasteiger partial charge in [-0.05, 0) is 36.5 Å². The van der Waals surface area contributed by atoms with Gasteiger partial charge in [-0.25, -0.2) is 4.79 Å². The Bertz CT molecular complexity index is 431. The zero-order chi connectivity index (χ0) is 10.9. The van der Waals surface area contributed by atoms with Gasteiger partial charge in [0.1, 0.15) is 0 Å². The minimum atomic E-state index is -0.308. The molecule has 1 aromatic carbocycles. The van der Waals surface area contributed by atoms with Gasteiger partial charge in [-0.3, -0.25) is 0 Å². The lowest BCUT2D eigenvalue weighted by molar-refractivity contribution is 0.556. The third-order valence-corrected chi connectivity index (χ3v) is 3.31. The van der Waals surface area contributed by atoms with Crippen molar-refractivity contribution in [3.8, 4) is 0 Å². The lowest BCUT2D eigenvalue weighted by Crippen LogP contribution is -2.02. The summed E-state index contributed by atoms with van der Waals surface area (Å²) in [6.07, 6.45) is 4.41. The summed E-state index contributed by atoms with van der Waals surface area (Å²) in [5, 5.41) is 0.766. The Morgan fingerprint density at radius 2 is 2.27 bits per heavy atom. The number of rotatable bonds is 3. The monoisotopic (exact) mass is 221 g/mol. The summed E-state index contributed by atoms with van der Waals surface area (Å²) in [5.41, 5.74) is 1.86. The number of hydrogen-bond donors (Lipinski definition) is 0. The van der Waals surface area contributed by atoms with E-state index in [1.807, 2.05) is 18.2 Å². The topological polar surface area (TPSA) is 29.4 Å². The Kier molecular flexibility index (Phi) is 2.64. The molecule has 0 saturated heterocycles. The molecule has 0 N–H and O–H groups in total. The number of nitrogens with zero attached hydrogens (tertiary/aromatic N) is 1. The molecule has 78 valence electrons. The zero-order valence-corrected chi connectivity index (χ0v) is 9.34. The predicted molar refractivity (Wildman–Crippen MR) is 59.9 cm³/mol. The second-order valence-corrected chi connectivity index (χ2v) is 4.30. The molecule has 0 amide bonds. The van der Waals surface area contributed by atoms with Gasteiger partial charge in [0.15, 0.2) is 0 Å². The van der Waals surface area contributed by atoms with Gasteiger partial charge >= 0.3 is 0 Å². The highest BCUT2D eigenvalue weighted by Crippen LogP contribution is 2.49. The molecule has 0 aromatic heterocycles. The number of benzene rings is 1. The van der Waals surface area contributed by atoms with Crippen LogP contribution in [0.2, 0.25) is 5.02 Å². The number of halogens is 1. The van der Waals surface area contributed by atoms with E-state index in [0.717, 1.165) is 35.4 Å². The second-order valence-electron chi connectivity index (χ2n) is 3.89. The Morgan fingerprint density at radius 1 is 1.53 bits per heavy atom. The quantitative estimate of drug-likeness (QED) is 0.569. The summed E-state index contributed by atoms with van der Waals surface area (Å²) >= 11 is 6.12. The van der Waals surface area contributed by atoms with Crippen LogP contribution in [0, 0.1) is 0 Å². The maximum Gasteiger partial charge on any atom is 0.235 e. The highest BCUT2D eigenvalue weighted by molar-refractivity contribution is 6.31. The van der Waals surface area contributed by atoms with E-state index in [1.54, 1.807) is 6.08 Å². The Morgan fingerprint density at radius 3 is 2.73 bits per heavy atom. The maximum absolute atomic E-state index is 10.3. The SMILES string of the molecule is CCc1ccc(C2(N=C=O)CC2)cc1Cl. The third-order valence-electron chi connectivity index (χ3n) is 2.95. The Balaban J connectivity index is 2.38. The standard InChI is InChI=1S/C12H12ClNO/c1-2-9-3-4-10(7-11(9)13)12(5-6-12)14-8-15/h3-4,7H,2,5-6H2,1H3. The summed E-state index contributed by atoms with van der Waals surface area (Å²) < 4.78 is 0. The summed E-state index contributed by atoms with van der Waals surface area (Å²) in [4.78, 5) is 14.2. The van der Waals surface area contributed by atoms with E-state index < -0.39 is 0 Å². The molecule has 0 unspecified atom stereocenters. The normalized spacial score (nSPS) is 16.9. The van der Waals surface area contributed by atoms with Crippen molar-refractivity contribution in [1.82, 2.24) is 0 Å². The van der Waals surface area contributed by atoms with Crippen molar-refractivity contribution in [3.63, 3.8) is 0 Å². The summed E-state index contributed by atoms with van der Waals surface area (Å²) in [6, 6.07) is 5.95. The minimum Gasteiger partial charge on any atom is -0.211 e. The molecule has 0 aliphatic heterocycles. The van der Waals surface area contributed by atoms with Gasteiger partial charge in [0, 0.05) is 5.02 Å². The first-order valence-corrected chi connectivity index (χ1v) is 5.47. The summed E-state index contributed by atoms with van der Waals surface area (Å²) in [5.74, 6) is 0. The molecule has 2 nitrogen and oxygen atoms in total. The van der Waals surface area contributed by atoms with E-state index in [-0.39, 0.29) is 5.54 Å². The van der Waals surface area contributed by atoms with Crippen molar-refractivity contribution < 1.29 is 4.79 Å². The fourth-order valence-corrected chi connectivity index (χ4v) is 2.11. The van der Waals surface area contributed by atoms with E-state index in [2.05, 4.69) is 11.9 Å². The molecule has 0 bridgehead atoms. The van der Waals surface area contributed by atoms with E-state index in [4.69, 9.17) is 11.6 Å². The molecular formula is C12H12ClNO. The van der Waals surface area contributed by atoms with Crippen LogP contribution in [-0.2, 0) is 16.8 Å². The van der Waals surface area contributed by atoms with Crippen LogP contribution in [0.25, 0.3) is 0 Å². The predicted octanol–water partition coefficient (Wildman–Crippen LogP) is 3.23. The van der Waals surface area contributed by atoms with Crippen LogP contribution in [0.5, 0.6) is 0 Å². The lowest BCUT2D eigenvalue weighted by Gasteiger charge is -2.10.